The van der Waals surface area contributed by atoms with Crippen molar-refractivity contribution in [3.63, 3.8) is 0 Å². The van der Waals surface area contributed by atoms with Gasteiger partial charge in [0.2, 0.25) is 5.95 Å². The summed E-state index contributed by atoms with van der Waals surface area (Å²) in [4.78, 5) is 15.3. The molecule has 0 saturated carbocycles. The van der Waals surface area contributed by atoms with Crippen LogP contribution in [0.3, 0.4) is 0 Å². The third-order valence-corrected chi connectivity index (χ3v) is 10.1. The lowest BCUT2D eigenvalue weighted by molar-refractivity contribution is 0.953. The number of benzene rings is 7. The first-order valence-electron chi connectivity index (χ1n) is 17.6. The molecule has 0 atom stereocenters. The molecule has 3 heterocycles. The molecule has 0 saturated heterocycles. The highest BCUT2D eigenvalue weighted by Gasteiger charge is 2.19. The Balaban J connectivity index is 1.18. The van der Waals surface area contributed by atoms with Gasteiger partial charge in [0.1, 0.15) is 0 Å². The van der Waals surface area contributed by atoms with Crippen LogP contribution in [0.4, 0.5) is 0 Å². The van der Waals surface area contributed by atoms with Gasteiger partial charge in [0, 0.05) is 38.4 Å². The molecule has 10 aromatic rings. The standard InChI is InChI=1S/C47H33N5/c1-30-16-20-32(21-17-30)45-48-46(33-22-18-31(2)19-23-33)50-47(49-45)52-42-15-9-7-13-38(42)40-28-34(25-27-43(40)52)35-24-26-39-37-12-6-8-14-41(37)51(44(39)29-35)36-10-4-3-5-11-36/h3-29H,1-2H3. The molecular weight excluding hydrogens is 635 g/mol. The van der Waals surface area contributed by atoms with Gasteiger partial charge in [0.25, 0.3) is 0 Å². The Morgan fingerprint density at radius 1 is 0.346 bits per heavy atom. The quantitative estimate of drug-likeness (QED) is 0.184. The van der Waals surface area contributed by atoms with Crippen LogP contribution >= 0.6 is 0 Å². The second kappa shape index (κ2) is 11.9. The van der Waals surface area contributed by atoms with E-state index in [1.54, 1.807) is 0 Å². The zero-order valence-electron chi connectivity index (χ0n) is 28.8. The van der Waals surface area contributed by atoms with Crippen LogP contribution in [0.25, 0.3) is 89.2 Å². The van der Waals surface area contributed by atoms with Gasteiger partial charge in [-0.15, -0.1) is 0 Å². The van der Waals surface area contributed by atoms with E-state index in [4.69, 9.17) is 15.0 Å². The van der Waals surface area contributed by atoms with E-state index in [0.717, 1.165) is 49.7 Å². The van der Waals surface area contributed by atoms with Crippen molar-refractivity contribution in [2.75, 3.05) is 0 Å². The number of hydrogen-bond acceptors (Lipinski definition) is 3. The van der Waals surface area contributed by atoms with Crippen LogP contribution in [-0.2, 0) is 0 Å². The van der Waals surface area contributed by atoms with Crippen molar-refractivity contribution >= 4 is 43.6 Å². The SMILES string of the molecule is Cc1ccc(-c2nc(-c3ccc(C)cc3)nc(-n3c4ccccc4c4cc(-c5ccc6c7ccccc7n(-c7ccccc7)c6c5)ccc43)n2)cc1. The van der Waals surface area contributed by atoms with Crippen LogP contribution in [0, 0.1) is 13.8 Å². The average Bonchev–Trinajstić information content (AvgIpc) is 3.71. The maximum absolute atomic E-state index is 5.13. The van der Waals surface area contributed by atoms with E-state index in [2.05, 4.69) is 187 Å². The molecule has 0 aliphatic heterocycles. The van der Waals surface area contributed by atoms with E-state index in [1.165, 1.54) is 32.9 Å². The van der Waals surface area contributed by atoms with Crippen LogP contribution in [0.1, 0.15) is 11.1 Å². The van der Waals surface area contributed by atoms with Gasteiger partial charge < -0.3 is 4.57 Å². The molecule has 0 spiro atoms. The van der Waals surface area contributed by atoms with Gasteiger partial charge in [-0.25, -0.2) is 4.98 Å². The lowest BCUT2D eigenvalue weighted by Crippen LogP contribution is -2.06. The Morgan fingerprint density at radius 3 is 1.48 bits per heavy atom. The second-order valence-electron chi connectivity index (χ2n) is 13.5. The summed E-state index contributed by atoms with van der Waals surface area (Å²) in [6, 6.07) is 58.1. The monoisotopic (exact) mass is 667 g/mol. The van der Waals surface area contributed by atoms with E-state index in [1.807, 2.05) is 0 Å². The molecular formula is C47H33N5. The Morgan fingerprint density at radius 2 is 0.827 bits per heavy atom. The molecule has 0 N–H and O–H groups in total. The van der Waals surface area contributed by atoms with Crippen LogP contribution in [0.15, 0.2) is 164 Å². The van der Waals surface area contributed by atoms with Gasteiger partial charge in [0.15, 0.2) is 11.6 Å². The maximum atomic E-state index is 5.13. The van der Waals surface area contributed by atoms with Crippen molar-refractivity contribution < 1.29 is 0 Å². The second-order valence-corrected chi connectivity index (χ2v) is 13.5. The molecule has 0 bridgehead atoms. The average molecular weight is 668 g/mol. The fourth-order valence-corrected chi connectivity index (χ4v) is 7.50. The number of nitrogens with zero attached hydrogens (tertiary/aromatic N) is 5. The summed E-state index contributed by atoms with van der Waals surface area (Å²) in [6.45, 7) is 4.18. The number of fused-ring (bicyclic) bond motifs is 6. The number of para-hydroxylation sites is 3. The largest absolute Gasteiger partial charge is 0.309 e. The van der Waals surface area contributed by atoms with Crippen LogP contribution in [-0.4, -0.2) is 24.1 Å². The molecule has 5 heteroatoms. The van der Waals surface area contributed by atoms with Gasteiger partial charge in [-0.1, -0.05) is 132 Å². The number of aromatic nitrogens is 5. The fourth-order valence-electron chi connectivity index (χ4n) is 7.50. The normalized spacial score (nSPS) is 11.7. The highest BCUT2D eigenvalue weighted by atomic mass is 15.2. The van der Waals surface area contributed by atoms with Crippen molar-refractivity contribution in [2.24, 2.45) is 0 Å². The number of hydrogen-bond donors (Lipinski definition) is 0. The summed E-state index contributed by atoms with van der Waals surface area (Å²) in [7, 11) is 0. The molecule has 7 aromatic carbocycles. The minimum absolute atomic E-state index is 0.592. The lowest BCUT2D eigenvalue weighted by atomic mass is 10.0. The zero-order valence-corrected chi connectivity index (χ0v) is 28.8. The van der Waals surface area contributed by atoms with Crippen molar-refractivity contribution in [1.82, 2.24) is 24.1 Å². The molecule has 10 rings (SSSR count). The van der Waals surface area contributed by atoms with Gasteiger partial charge in [-0.05, 0) is 67.4 Å². The van der Waals surface area contributed by atoms with E-state index in [9.17, 15) is 0 Å². The summed E-state index contributed by atoms with van der Waals surface area (Å²) in [6.07, 6.45) is 0. The number of rotatable bonds is 5. The van der Waals surface area contributed by atoms with E-state index in [-0.39, 0.29) is 0 Å². The summed E-state index contributed by atoms with van der Waals surface area (Å²) in [5, 5.41) is 4.78. The van der Waals surface area contributed by atoms with Gasteiger partial charge in [-0.3, -0.25) is 4.57 Å². The van der Waals surface area contributed by atoms with Crippen molar-refractivity contribution in [3.8, 4) is 45.5 Å². The van der Waals surface area contributed by atoms with Crippen LogP contribution < -0.4 is 0 Å². The van der Waals surface area contributed by atoms with Crippen molar-refractivity contribution in [3.05, 3.63) is 175 Å². The van der Waals surface area contributed by atoms with Gasteiger partial charge in [-0.2, -0.15) is 9.97 Å². The van der Waals surface area contributed by atoms with E-state index >= 15 is 0 Å². The molecule has 0 radical (unpaired) electrons. The Kier molecular flexibility index (Phi) is 6.86. The smallest absolute Gasteiger partial charge is 0.238 e. The van der Waals surface area contributed by atoms with Gasteiger partial charge >= 0.3 is 0 Å². The Labute approximate surface area is 301 Å². The number of aryl methyl sites for hydroxylation is 2. The molecule has 0 fully saturated rings. The van der Waals surface area contributed by atoms with Gasteiger partial charge in [0.05, 0.1) is 22.1 Å². The minimum Gasteiger partial charge on any atom is -0.309 e. The zero-order chi connectivity index (χ0) is 34.8. The predicted octanol–water partition coefficient (Wildman–Crippen LogP) is 11.7. The predicted molar refractivity (Wildman–Crippen MR) is 214 cm³/mol. The topological polar surface area (TPSA) is 48.5 Å². The van der Waals surface area contributed by atoms with E-state index in [0.29, 0.717) is 17.6 Å². The summed E-state index contributed by atoms with van der Waals surface area (Å²) >= 11 is 0. The first-order chi connectivity index (χ1) is 25.6. The molecule has 52 heavy (non-hydrogen) atoms. The molecule has 0 amide bonds. The minimum atomic E-state index is 0.592. The first-order valence-corrected chi connectivity index (χ1v) is 17.6. The van der Waals surface area contributed by atoms with Crippen molar-refractivity contribution in [2.45, 2.75) is 13.8 Å². The van der Waals surface area contributed by atoms with E-state index < -0.39 is 0 Å². The molecule has 0 unspecified atom stereocenters. The van der Waals surface area contributed by atoms with Crippen molar-refractivity contribution in [1.29, 1.82) is 0 Å². The summed E-state index contributed by atoms with van der Waals surface area (Å²) < 4.78 is 4.55. The van der Waals surface area contributed by atoms with Crippen LogP contribution in [0.5, 0.6) is 0 Å². The molecule has 0 aliphatic carbocycles. The Bertz CT molecular complexity index is 2890. The van der Waals surface area contributed by atoms with Crippen LogP contribution in [0.2, 0.25) is 0 Å². The third-order valence-electron chi connectivity index (χ3n) is 10.1. The summed E-state index contributed by atoms with van der Waals surface area (Å²) in [5.41, 5.74) is 12.2. The maximum Gasteiger partial charge on any atom is 0.238 e. The molecule has 0 aliphatic rings. The fraction of sp³-hybridized carbons (Fsp3) is 0.0426. The lowest BCUT2D eigenvalue weighted by Gasteiger charge is -2.11. The molecule has 5 nitrogen and oxygen atoms in total. The first kappa shape index (κ1) is 30.0. The highest BCUT2D eigenvalue weighted by Crippen LogP contribution is 2.38. The summed E-state index contributed by atoms with van der Waals surface area (Å²) in [5.74, 6) is 1.88. The molecule has 246 valence electrons. The Hall–Kier alpha value is -6.85. The molecule has 3 aromatic heterocycles. The highest BCUT2D eigenvalue weighted by molar-refractivity contribution is 6.12. The third kappa shape index (κ3) is 4.89.